The Morgan fingerprint density at radius 2 is 2.26 bits per heavy atom. The molecule has 0 amide bonds. The Kier molecular flexibility index (Phi) is 4.93. The molecule has 0 saturated heterocycles. The maximum absolute atomic E-state index is 5.66. The smallest absolute Gasteiger partial charge is 0.261 e. The summed E-state index contributed by atoms with van der Waals surface area (Å²) >= 11 is 1.54. The molecule has 0 fully saturated rings. The van der Waals surface area contributed by atoms with Crippen LogP contribution in [0.4, 0.5) is 0 Å². The zero-order valence-electron chi connectivity index (χ0n) is 11.5. The third-order valence-corrected chi connectivity index (χ3v) is 3.51. The van der Waals surface area contributed by atoms with E-state index >= 15 is 0 Å². The van der Waals surface area contributed by atoms with Gasteiger partial charge in [0, 0.05) is 12.5 Å². The van der Waals surface area contributed by atoms with Crippen molar-refractivity contribution in [3.05, 3.63) is 17.3 Å². The second kappa shape index (κ2) is 6.68. The Labute approximate surface area is 117 Å². The number of aryl methyl sites for hydroxylation is 1. The van der Waals surface area contributed by atoms with E-state index in [1.807, 2.05) is 11.4 Å². The number of hydrogen-bond donors (Lipinski definition) is 1. The van der Waals surface area contributed by atoms with Crippen molar-refractivity contribution in [3.63, 3.8) is 0 Å². The van der Waals surface area contributed by atoms with Gasteiger partial charge in [-0.3, -0.25) is 0 Å². The van der Waals surface area contributed by atoms with Crippen LogP contribution in [0.25, 0.3) is 10.8 Å². The van der Waals surface area contributed by atoms with Crippen molar-refractivity contribution in [2.75, 3.05) is 13.7 Å². The molecule has 2 aromatic heterocycles. The monoisotopic (exact) mass is 281 g/mol. The summed E-state index contributed by atoms with van der Waals surface area (Å²) in [5, 5.41) is 13.5. The first-order valence-electron chi connectivity index (χ1n) is 6.38. The fourth-order valence-corrected chi connectivity index (χ4v) is 2.47. The van der Waals surface area contributed by atoms with Gasteiger partial charge in [0.15, 0.2) is 0 Å². The van der Waals surface area contributed by atoms with E-state index in [2.05, 4.69) is 29.4 Å². The fraction of sp³-hybridized carbons (Fsp3) is 0.538. The Morgan fingerprint density at radius 1 is 1.42 bits per heavy atom. The highest BCUT2D eigenvalue weighted by Gasteiger charge is 2.14. The number of nitrogens with one attached hydrogen (secondary N) is 1. The molecular weight excluding hydrogens is 262 g/mol. The minimum Gasteiger partial charge on any atom is -0.495 e. The van der Waals surface area contributed by atoms with Crippen molar-refractivity contribution in [1.29, 1.82) is 0 Å². The SMILES string of the molecule is COc1ccsc1-c1nnc(CCCNC(C)C)o1. The molecule has 0 aliphatic carbocycles. The number of rotatable bonds is 7. The lowest BCUT2D eigenvalue weighted by Crippen LogP contribution is -2.23. The van der Waals surface area contributed by atoms with E-state index in [-0.39, 0.29) is 0 Å². The van der Waals surface area contributed by atoms with Gasteiger partial charge in [0.25, 0.3) is 5.89 Å². The molecule has 2 aromatic rings. The van der Waals surface area contributed by atoms with E-state index in [4.69, 9.17) is 9.15 Å². The van der Waals surface area contributed by atoms with E-state index in [9.17, 15) is 0 Å². The molecule has 0 atom stereocenters. The zero-order valence-corrected chi connectivity index (χ0v) is 12.3. The van der Waals surface area contributed by atoms with Gasteiger partial charge in [-0.05, 0) is 24.4 Å². The summed E-state index contributed by atoms with van der Waals surface area (Å²) in [4.78, 5) is 0.890. The van der Waals surface area contributed by atoms with Crippen molar-refractivity contribution in [2.24, 2.45) is 0 Å². The largest absolute Gasteiger partial charge is 0.495 e. The first kappa shape index (κ1) is 14.0. The van der Waals surface area contributed by atoms with Crippen LogP contribution in [0.1, 0.15) is 26.2 Å². The quantitative estimate of drug-likeness (QED) is 0.791. The number of thiophene rings is 1. The third kappa shape index (κ3) is 3.78. The summed E-state index contributed by atoms with van der Waals surface area (Å²) in [6.07, 6.45) is 1.78. The molecule has 19 heavy (non-hydrogen) atoms. The van der Waals surface area contributed by atoms with Gasteiger partial charge in [-0.15, -0.1) is 21.5 Å². The highest BCUT2D eigenvalue weighted by molar-refractivity contribution is 7.13. The lowest BCUT2D eigenvalue weighted by Gasteiger charge is -2.05. The first-order chi connectivity index (χ1) is 9.20. The molecule has 0 aliphatic rings. The van der Waals surface area contributed by atoms with Gasteiger partial charge in [-0.2, -0.15) is 0 Å². The van der Waals surface area contributed by atoms with Crippen molar-refractivity contribution >= 4 is 11.3 Å². The second-order valence-corrected chi connectivity index (χ2v) is 5.45. The molecule has 5 nitrogen and oxygen atoms in total. The summed E-state index contributed by atoms with van der Waals surface area (Å²) in [5.41, 5.74) is 0. The predicted molar refractivity (Wildman–Crippen MR) is 75.6 cm³/mol. The van der Waals surface area contributed by atoms with Gasteiger partial charge in [0.2, 0.25) is 5.89 Å². The molecule has 1 N–H and O–H groups in total. The van der Waals surface area contributed by atoms with E-state index < -0.39 is 0 Å². The number of methoxy groups -OCH3 is 1. The van der Waals surface area contributed by atoms with Crippen LogP contribution in [-0.4, -0.2) is 29.9 Å². The van der Waals surface area contributed by atoms with E-state index in [0.717, 1.165) is 30.0 Å². The molecule has 0 aromatic carbocycles. The summed E-state index contributed by atoms with van der Waals surface area (Å²) in [6, 6.07) is 2.41. The summed E-state index contributed by atoms with van der Waals surface area (Å²) in [5.74, 6) is 2.00. The lowest BCUT2D eigenvalue weighted by molar-refractivity contribution is 0.415. The minimum absolute atomic E-state index is 0.508. The molecule has 6 heteroatoms. The highest BCUT2D eigenvalue weighted by Crippen LogP contribution is 2.34. The topological polar surface area (TPSA) is 60.2 Å². The number of hydrogen-bond acceptors (Lipinski definition) is 6. The van der Waals surface area contributed by atoms with Gasteiger partial charge < -0.3 is 14.5 Å². The molecule has 104 valence electrons. The summed E-state index contributed by atoms with van der Waals surface area (Å²) in [6.45, 7) is 5.22. The average Bonchev–Trinajstić information content (AvgIpc) is 3.02. The number of ether oxygens (including phenoxy) is 1. The lowest BCUT2D eigenvalue weighted by atomic mass is 10.3. The summed E-state index contributed by atoms with van der Waals surface area (Å²) in [7, 11) is 1.64. The Balaban J connectivity index is 1.92. The predicted octanol–water partition coefficient (Wildman–Crippen LogP) is 2.74. The van der Waals surface area contributed by atoms with Gasteiger partial charge in [0.1, 0.15) is 10.6 Å². The van der Waals surface area contributed by atoms with Crippen LogP contribution in [0, 0.1) is 0 Å². The van der Waals surface area contributed by atoms with Gasteiger partial charge in [-0.1, -0.05) is 13.8 Å². The van der Waals surface area contributed by atoms with Gasteiger partial charge in [0.05, 0.1) is 7.11 Å². The Morgan fingerprint density at radius 3 is 3.00 bits per heavy atom. The molecule has 0 unspecified atom stereocenters. The van der Waals surface area contributed by atoms with Crippen LogP contribution < -0.4 is 10.1 Å². The Bertz CT molecular complexity index is 507. The second-order valence-electron chi connectivity index (χ2n) is 4.53. The van der Waals surface area contributed by atoms with Crippen molar-refractivity contribution in [1.82, 2.24) is 15.5 Å². The van der Waals surface area contributed by atoms with Crippen molar-refractivity contribution in [3.8, 4) is 16.5 Å². The van der Waals surface area contributed by atoms with E-state index in [1.165, 1.54) is 11.3 Å². The van der Waals surface area contributed by atoms with Crippen LogP contribution in [0.2, 0.25) is 0 Å². The first-order valence-corrected chi connectivity index (χ1v) is 7.26. The maximum atomic E-state index is 5.66. The molecule has 0 aliphatic heterocycles. The molecule has 0 bridgehead atoms. The zero-order chi connectivity index (χ0) is 13.7. The normalized spacial score (nSPS) is 11.2. The fourth-order valence-electron chi connectivity index (χ4n) is 1.69. The molecule has 0 radical (unpaired) electrons. The van der Waals surface area contributed by atoms with Crippen LogP contribution in [-0.2, 0) is 6.42 Å². The molecule has 2 heterocycles. The molecule has 0 saturated carbocycles. The van der Waals surface area contributed by atoms with Crippen molar-refractivity contribution < 1.29 is 9.15 Å². The van der Waals surface area contributed by atoms with Crippen LogP contribution in [0.15, 0.2) is 15.9 Å². The molecule has 2 rings (SSSR count). The van der Waals surface area contributed by atoms with Crippen LogP contribution in [0.3, 0.4) is 0 Å². The van der Waals surface area contributed by atoms with Crippen LogP contribution in [0.5, 0.6) is 5.75 Å². The van der Waals surface area contributed by atoms with Crippen LogP contribution >= 0.6 is 11.3 Å². The van der Waals surface area contributed by atoms with Gasteiger partial charge >= 0.3 is 0 Å². The van der Waals surface area contributed by atoms with Gasteiger partial charge in [-0.25, -0.2) is 0 Å². The highest BCUT2D eigenvalue weighted by atomic mass is 32.1. The van der Waals surface area contributed by atoms with E-state index in [1.54, 1.807) is 7.11 Å². The van der Waals surface area contributed by atoms with E-state index in [0.29, 0.717) is 17.8 Å². The Hall–Kier alpha value is -1.40. The van der Waals surface area contributed by atoms with Crippen molar-refractivity contribution in [2.45, 2.75) is 32.7 Å². The number of nitrogens with zero attached hydrogens (tertiary/aromatic N) is 2. The number of aromatic nitrogens is 2. The standard InChI is InChI=1S/C13H19N3O2S/c1-9(2)14-7-4-5-11-15-16-13(18-11)12-10(17-3)6-8-19-12/h6,8-9,14H,4-5,7H2,1-3H3. The minimum atomic E-state index is 0.508. The molecular formula is C13H19N3O2S. The average molecular weight is 281 g/mol. The summed E-state index contributed by atoms with van der Waals surface area (Å²) < 4.78 is 10.9. The molecule has 0 spiro atoms. The third-order valence-electron chi connectivity index (χ3n) is 2.63. The maximum Gasteiger partial charge on any atom is 0.261 e.